The number of allylic oxidation sites excluding steroid dienone is 5. The van der Waals surface area contributed by atoms with Crippen molar-refractivity contribution in [1.29, 1.82) is 0 Å². The van der Waals surface area contributed by atoms with Crippen LogP contribution in [-0.2, 0) is 14.2 Å². The van der Waals surface area contributed by atoms with Crippen LogP contribution in [0.4, 0.5) is 35.1 Å². The van der Waals surface area contributed by atoms with Gasteiger partial charge in [-0.3, -0.25) is 0 Å². The second-order valence-corrected chi connectivity index (χ2v) is 21.7. The van der Waals surface area contributed by atoms with Crippen LogP contribution >= 0.6 is 0 Å². The van der Waals surface area contributed by atoms with Crippen LogP contribution in [0, 0.1) is 52.5 Å². The molecule has 0 saturated carbocycles. The summed E-state index contributed by atoms with van der Waals surface area (Å²) in [6.45, 7) is 10.7. The number of ether oxygens (including phenoxy) is 3. The van der Waals surface area contributed by atoms with E-state index < -0.39 is 46.5 Å². The van der Waals surface area contributed by atoms with Crippen LogP contribution in [0.5, 0.6) is 0 Å². The van der Waals surface area contributed by atoms with Gasteiger partial charge in [0.05, 0.1) is 18.3 Å². The Labute approximate surface area is 474 Å². The van der Waals surface area contributed by atoms with Crippen LogP contribution in [-0.4, -0.2) is 38.1 Å². The lowest BCUT2D eigenvalue weighted by Crippen LogP contribution is -2.16. The maximum absolute atomic E-state index is 13.9. The highest BCUT2D eigenvalue weighted by Crippen LogP contribution is 2.36. The third-order valence-corrected chi connectivity index (χ3v) is 15.6. The van der Waals surface area contributed by atoms with Gasteiger partial charge in [-0.05, 0) is 149 Å². The average Bonchev–Trinajstić information content (AvgIpc) is 3.48. The summed E-state index contributed by atoms with van der Waals surface area (Å²) in [6, 6.07) is 17.5. The van der Waals surface area contributed by atoms with Crippen molar-refractivity contribution in [2.24, 2.45) is 5.92 Å². The highest BCUT2D eigenvalue weighted by atomic mass is 19.2. The van der Waals surface area contributed by atoms with E-state index in [1.54, 1.807) is 48.5 Å². The molecule has 0 radical (unpaired) electrons. The summed E-state index contributed by atoms with van der Waals surface area (Å²) >= 11 is 0. The number of hydrogen-bond acceptors (Lipinski definition) is 3. The first-order chi connectivity index (χ1) is 38.9. The Balaban J connectivity index is 0.000000199. The summed E-state index contributed by atoms with van der Waals surface area (Å²) in [5.41, 5.74) is 5.30. The van der Waals surface area contributed by atoms with Crippen molar-refractivity contribution in [1.82, 2.24) is 0 Å². The normalized spacial score (nSPS) is 18.9. The van der Waals surface area contributed by atoms with Crippen molar-refractivity contribution in [2.75, 3.05) is 19.8 Å². The fourth-order valence-electron chi connectivity index (χ4n) is 10.9. The number of benzene rings is 4. The maximum atomic E-state index is 13.9. The molecule has 4 unspecified atom stereocenters. The van der Waals surface area contributed by atoms with Gasteiger partial charge in [0.1, 0.15) is 0 Å². The van der Waals surface area contributed by atoms with Gasteiger partial charge in [0.2, 0.25) is 0 Å². The monoisotopic (exact) mass is 1120 g/mol. The number of rotatable bonds is 24. The minimum Gasteiger partial charge on any atom is -0.378 e. The number of hydrogen-bond donors (Lipinski definition) is 0. The van der Waals surface area contributed by atoms with Gasteiger partial charge in [-0.25, -0.2) is 35.1 Å². The Morgan fingerprint density at radius 2 is 0.688 bits per heavy atom. The molecule has 8 rings (SSSR count). The van der Waals surface area contributed by atoms with Crippen LogP contribution in [0.25, 0.3) is 22.3 Å². The number of unbranched alkanes of at least 4 members (excludes halogenated alkanes) is 10. The molecule has 0 saturated heterocycles. The maximum Gasteiger partial charge on any atom is 0.166 e. The van der Waals surface area contributed by atoms with Gasteiger partial charge in [0.25, 0.3) is 0 Å². The van der Waals surface area contributed by atoms with Crippen LogP contribution in [0.2, 0.25) is 0 Å². The topological polar surface area (TPSA) is 27.7 Å². The van der Waals surface area contributed by atoms with Crippen molar-refractivity contribution < 1.29 is 49.3 Å². The zero-order valence-corrected chi connectivity index (χ0v) is 48.3. The lowest BCUT2D eigenvalue weighted by atomic mass is 9.83. The predicted octanol–water partition coefficient (Wildman–Crippen LogP) is 21.4. The fourth-order valence-corrected chi connectivity index (χ4v) is 10.9. The van der Waals surface area contributed by atoms with Gasteiger partial charge < -0.3 is 14.2 Å². The fraction of sp³-hybridized carbons (Fsp3) is 0.536. The molecule has 80 heavy (non-hydrogen) atoms. The van der Waals surface area contributed by atoms with Crippen molar-refractivity contribution in [3.63, 3.8) is 0 Å². The molecule has 4 aliphatic rings. The van der Waals surface area contributed by atoms with Crippen molar-refractivity contribution in [2.45, 2.75) is 213 Å². The third-order valence-electron chi connectivity index (χ3n) is 15.6. The van der Waals surface area contributed by atoms with Crippen molar-refractivity contribution >= 4 is 22.3 Å². The number of halogens is 8. The minimum atomic E-state index is -0.782. The van der Waals surface area contributed by atoms with E-state index in [-0.39, 0.29) is 18.3 Å². The van der Waals surface area contributed by atoms with Crippen LogP contribution in [0.15, 0.2) is 97.1 Å². The molecule has 4 aromatic carbocycles. The van der Waals surface area contributed by atoms with E-state index in [9.17, 15) is 35.1 Å². The molecule has 0 aromatic heterocycles. The Morgan fingerprint density at radius 3 is 1.01 bits per heavy atom. The Hall–Kier alpha value is -4.84. The SMILES string of the molecule is CCCCCCCCCCCCC1CC=C(c2cccc(F)c2F)CC1.CCCCOC1CC=C(c2cccc(F)c2F)CC1.CCCOC1CC=C(c2cccc(F)c2F)CC1.CCOC1CC=C(c2cccc(F)c2F)CC1. The third kappa shape index (κ3) is 22.1. The summed E-state index contributed by atoms with van der Waals surface area (Å²) in [6.07, 6.45) is 37.2. The molecule has 0 spiro atoms. The quantitative estimate of drug-likeness (QED) is 0.0517. The summed E-state index contributed by atoms with van der Waals surface area (Å²) < 4.78 is 125. The Morgan fingerprint density at radius 1 is 0.350 bits per heavy atom. The van der Waals surface area contributed by atoms with E-state index in [1.807, 2.05) is 25.2 Å². The second-order valence-electron chi connectivity index (χ2n) is 21.7. The Bertz CT molecular complexity index is 2570. The van der Waals surface area contributed by atoms with Gasteiger partial charge in [0.15, 0.2) is 46.5 Å². The van der Waals surface area contributed by atoms with E-state index in [0.717, 1.165) is 156 Å². The summed E-state index contributed by atoms with van der Waals surface area (Å²) in [5, 5.41) is 0. The first-order valence-electron chi connectivity index (χ1n) is 30.3. The molecule has 4 atom stereocenters. The van der Waals surface area contributed by atoms with E-state index >= 15 is 0 Å². The zero-order chi connectivity index (χ0) is 57.5. The molecule has 0 aliphatic heterocycles. The highest BCUT2D eigenvalue weighted by molar-refractivity contribution is 5.69. The predicted molar refractivity (Wildman–Crippen MR) is 313 cm³/mol. The zero-order valence-electron chi connectivity index (χ0n) is 48.3. The smallest absolute Gasteiger partial charge is 0.166 e. The highest BCUT2D eigenvalue weighted by Gasteiger charge is 2.23. The van der Waals surface area contributed by atoms with Crippen LogP contribution in [0.1, 0.15) is 217 Å². The van der Waals surface area contributed by atoms with Crippen LogP contribution in [0.3, 0.4) is 0 Å². The molecule has 0 bridgehead atoms. The standard InChI is InChI=1S/C24H36F2.C16H20F2O.C15H18F2O.C14H16F2O/c1-2-3-4-5-6-7-8-9-10-11-13-20-16-18-21(19-17-20)22-14-12-15-23(25)24(22)26;1-2-3-11-19-13-9-7-12(8-10-13)14-5-4-6-15(17)16(14)18;1-2-10-18-12-8-6-11(7-9-12)13-4-3-5-14(16)15(13)17;1-2-17-11-8-6-10(7-9-11)12-4-3-5-13(15)14(12)16/h12,14-15,18,20H,2-11,13,16-17,19H2,1H3;4-7,13H,2-3,8-11H2,1H3;3-6,12H,2,7-10H2,1H3;3-6,11H,2,7-9H2,1H3. The van der Waals surface area contributed by atoms with E-state index in [2.05, 4.69) is 26.8 Å². The van der Waals surface area contributed by atoms with Gasteiger partial charge in [-0.15, -0.1) is 0 Å². The molecular formula is C69H90F8O3. The molecule has 4 aromatic rings. The molecule has 440 valence electrons. The second kappa shape index (κ2) is 37.3. The molecule has 0 fully saturated rings. The van der Waals surface area contributed by atoms with E-state index in [0.29, 0.717) is 28.9 Å². The van der Waals surface area contributed by atoms with Gasteiger partial charge in [0, 0.05) is 42.1 Å². The molecule has 4 aliphatic carbocycles. The van der Waals surface area contributed by atoms with Crippen LogP contribution < -0.4 is 0 Å². The lowest BCUT2D eigenvalue weighted by Gasteiger charge is -2.22. The molecule has 11 heteroatoms. The van der Waals surface area contributed by atoms with Gasteiger partial charge in [-0.1, -0.05) is 171 Å². The molecule has 0 heterocycles. The molecular weight excluding hydrogens is 1030 g/mol. The van der Waals surface area contributed by atoms with Crippen molar-refractivity contribution in [3.8, 4) is 0 Å². The van der Waals surface area contributed by atoms with E-state index in [4.69, 9.17) is 14.2 Å². The van der Waals surface area contributed by atoms with Gasteiger partial charge >= 0.3 is 0 Å². The average molecular weight is 1120 g/mol. The first kappa shape index (κ1) is 66.0. The molecule has 0 N–H and O–H groups in total. The summed E-state index contributed by atoms with van der Waals surface area (Å²) in [7, 11) is 0. The summed E-state index contributed by atoms with van der Waals surface area (Å²) in [4.78, 5) is 0. The first-order valence-corrected chi connectivity index (χ1v) is 30.3. The summed E-state index contributed by atoms with van der Waals surface area (Å²) in [5.74, 6) is -5.26. The van der Waals surface area contributed by atoms with E-state index in [1.165, 1.54) is 76.7 Å². The molecule has 0 amide bonds. The Kier molecular flexibility index (Phi) is 30.8. The van der Waals surface area contributed by atoms with Crippen molar-refractivity contribution in [3.05, 3.63) is 166 Å². The molecule has 3 nitrogen and oxygen atoms in total. The lowest BCUT2D eigenvalue weighted by molar-refractivity contribution is 0.0466. The largest absolute Gasteiger partial charge is 0.378 e. The minimum absolute atomic E-state index is 0.223. The van der Waals surface area contributed by atoms with Gasteiger partial charge in [-0.2, -0.15) is 0 Å².